The lowest BCUT2D eigenvalue weighted by molar-refractivity contribution is -0.122. The maximum Gasteiger partial charge on any atom is 0.265 e. The van der Waals surface area contributed by atoms with Gasteiger partial charge in [0.1, 0.15) is 23.1 Å². The highest BCUT2D eigenvalue weighted by atomic mass is 19.1. The Morgan fingerprint density at radius 3 is 2.08 bits per heavy atom. The van der Waals surface area contributed by atoms with E-state index < -0.39 is 29.3 Å². The van der Waals surface area contributed by atoms with Crippen molar-refractivity contribution in [3.63, 3.8) is 0 Å². The Kier molecular flexibility index (Phi) is 5.22. The smallest absolute Gasteiger partial charge is 0.265 e. The molecule has 3 nitrogen and oxygen atoms in total. The first-order valence-corrected chi connectivity index (χ1v) is 7.70. The molecule has 1 N–H and O–H groups in total. The lowest BCUT2D eigenvalue weighted by Crippen LogP contribution is -2.30. The predicted octanol–water partition coefficient (Wildman–Crippen LogP) is 4.67. The van der Waals surface area contributed by atoms with E-state index in [4.69, 9.17) is 4.74 Å². The normalized spacial score (nSPS) is 12.6. The minimum absolute atomic E-state index is 0.0177. The molecule has 1 atom stereocenters. The van der Waals surface area contributed by atoms with Gasteiger partial charge >= 0.3 is 0 Å². The molecule has 0 aliphatic rings. The fraction of sp³-hybridized carbons (Fsp3) is 0.316. The number of anilines is 1. The van der Waals surface area contributed by atoms with Crippen LogP contribution in [0.1, 0.15) is 33.3 Å². The third-order valence-electron chi connectivity index (χ3n) is 3.61. The third-order valence-corrected chi connectivity index (χ3v) is 3.61. The van der Waals surface area contributed by atoms with Crippen LogP contribution in [0, 0.1) is 11.6 Å². The van der Waals surface area contributed by atoms with Crippen LogP contribution in [0.5, 0.6) is 5.75 Å². The topological polar surface area (TPSA) is 38.3 Å². The van der Waals surface area contributed by atoms with Crippen molar-refractivity contribution >= 4 is 11.6 Å². The molecule has 128 valence electrons. The van der Waals surface area contributed by atoms with Crippen LogP contribution in [0.3, 0.4) is 0 Å². The number of ether oxygens (including phenoxy) is 1. The molecule has 0 radical (unpaired) electrons. The zero-order valence-electron chi connectivity index (χ0n) is 14.2. The number of halogens is 2. The van der Waals surface area contributed by atoms with Crippen LogP contribution in [0.4, 0.5) is 14.5 Å². The van der Waals surface area contributed by atoms with Crippen molar-refractivity contribution in [2.24, 2.45) is 0 Å². The van der Waals surface area contributed by atoms with E-state index in [1.54, 1.807) is 12.1 Å². The van der Waals surface area contributed by atoms with Gasteiger partial charge in [-0.15, -0.1) is 0 Å². The summed E-state index contributed by atoms with van der Waals surface area (Å²) < 4.78 is 32.7. The van der Waals surface area contributed by atoms with Crippen LogP contribution < -0.4 is 10.1 Å². The standard InChI is InChI=1S/C19H21F2NO2/c1-12(18(23)22-17-15(20)6-5-7-16(17)21)24-14-10-8-13(9-11-14)19(2,3)4/h5-12H,1-4H3,(H,22,23)/t12-/m1/s1. The molecule has 0 fully saturated rings. The fourth-order valence-electron chi connectivity index (χ4n) is 2.13. The zero-order valence-corrected chi connectivity index (χ0v) is 14.2. The molecule has 0 heterocycles. The molecule has 5 heteroatoms. The van der Waals surface area contributed by atoms with E-state index in [1.807, 2.05) is 12.1 Å². The monoisotopic (exact) mass is 333 g/mol. The first kappa shape index (κ1) is 17.9. The first-order chi connectivity index (χ1) is 11.2. The van der Waals surface area contributed by atoms with Gasteiger partial charge in [-0.1, -0.05) is 39.0 Å². The summed E-state index contributed by atoms with van der Waals surface area (Å²) in [5, 5.41) is 2.22. The summed E-state index contributed by atoms with van der Waals surface area (Å²) in [6.45, 7) is 7.82. The van der Waals surface area contributed by atoms with Gasteiger partial charge in [0.2, 0.25) is 0 Å². The van der Waals surface area contributed by atoms with Crippen molar-refractivity contribution in [3.05, 3.63) is 59.7 Å². The summed E-state index contributed by atoms with van der Waals surface area (Å²) in [6.07, 6.45) is -0.899. The number of rotatable bonds is 4. The van der Waals surface area contributed by atoms with Crippen molar-refractivity contribution in [1.82, 2.24) is 0 Å². The number of hydrogen-bond acceptors (Lipinski definition) is 2. The molecule has 0 saturated carbocycles. The van der Waals surface area contributed by atoms with Crippen molar-refractivity contribution in [3.8, 4) is 5.75 Å². The molecular formula is C19H21F2NO2. The van der Waals surface area contributed by atoms with Crippen LogP contribution in [0.2, 0.25) is 0 Å². The average molecular weight is 333 g/mol. The number of carbonyl (C=O) groups excluding carboxylic acids is 1. The minimum atomic E-state index is -0.899. The van der Waals surface area contributed by atoms with Gasteiger partial charge in [0, 0.05) is 0 Å². The quantitative estimate of drug-likeness (QED) is 0.883. The maximum absolute atomic E-state index is 13.6. The molecule has 0 aliphatic carbocycles. The molecular weight excluding hydrogens is 312 g/mol. The summed E-state index contributed by atoms with van der Waals surface area (Å²) in [7, 11) is 0. The van der Waals surface area contributed by atoms with Gasteiger partial charge in [-0.25, -0.2) is 8.78 Å². The van der Waals surface area contributed by atoms with Gasteiger partial charge in [0.05, 0.1) is 0 Å². The fourth-order valence-corrected chi connectivity index (χ4v) is 2.13. The Morgan fingerprint density at radius 2 is 1.58 bits per heavy atom. The molecule has 0 spiro atoms. The highest BCUT2D eigenvalue weighted by molar-refractivity contribution is 5.94. The van der Waals surface area contributed by atoms with Gasteiger partial charge < -0.3 is 10.1 Å². The van der Waals surface area contributed by atoms with E-state index in [9.17, 15) is 13.6 Å². The molecule has 0 aromatic heterocycles. The summed E-state index contributed by atoms with van der Waals surface area (Å²) in [4.78, 5) is 12.1. The maximum atomic E-state index is 13.6. The highest BCUT2D eigenvalue weighted by Crippen LogP contribution is 2.25. The molecule has 0 bridgehead atoms. The van der Waals surface area contributed by atoms with Crippen LogP contribution >= 0.6 is 0 Å². The molecule has 0 saturated heterocycles. The molecule has 0 unspecified atom stereocenters. The summed E-state index contributed by atoms with van der Waals surface area (Å²) in [5.41, 5.74) is 0.686. The number of nitrogens with one attached hydrogen (secondary N) is 1. The average Bonchev–Trinajstić information content (AvgIpc) is 2.50. The summed E-state index contributed by atoms with van der Waals surface area (Å²) >= 11 is 0. The number of amides is 1. The Balaban J connectivity index is 2.04. The predicted molar refractivity (Wildman–Crippen MR) is 90.2 cm³/mol. The van der Waals surface area contributed by atoms with Crippen LogP contribution in [0.25, 0.3) is 0 Å². The van der Waals surface area contributed by atoms with E-state index in [0.717, 1.165) is 17.7 Å². The molecule has 2 aromatic rings. The summed E-state index contributed by atoms with van der Waals surface area (Å²) in [6, 6.07) is 10.8. The molecule has 0 aliphatic heterocycles. The van der Waals surface area contributed by atoms with E-state index in [-0.39, 0.29) is 5.41 Å². The van der Waals surface area contributed by atoms with E-state index >= 15 is 0 Å². The Hall–Kier alpha value is -2.43. The largest absolute Gasteiger partial charge is 0.481 e. The zero-order chi connectivity index (χ0) is 17.9. The number of benzene rings is 2. The van der Waals surface area contributed by atoms with Crippen molar-refractivity contribution < 1.29 is 18.3 Å². The van der Waals surface area contributed by atoms with Crippen LogP contribution in [0.15, 0.2) is 42.5 Å². The van der Waals surface area contributed by atoms with E-state index in [2.05, 4.69) is 26.1 Å². The summed E-state index contributed by atoms with van der Waals surface area (Å²) in [5.74, 6) is -1.77. The Bertz CT molecular complexity index is 701. The van der Waals surface area contributed by atoms with Gasteiger partial charge in [-0.3, -0.25) is 4.79 Å². The SMILES string of the molecule is C[C@@H](Oc1ccc(C(C)(C)C)cc1)C(=O)Nc1c(F)cccc1F. The van der Waals surface area contributed by atoms with Crippen molar-refractivity contribution in [2.75, 3.05) is 5.32 Å². The van der Waals surface area contributed by atoms with Crippen LogP contribution in [-0.2, 0) is 10.2 Å². The first-order valence-electron chi connectivity index (χ1n) is 7.70. The lowest BCUT2D eigenvalue weighted by atomic mass is 9.87. The van der Waals surface area contributed by atoms with Gasteiger partial charge in [0.25, 0.3) is 5.91 Å². The molecule has 2 aromatic carbocycles. The van der Waals surface area contributed by atoms with Crippen molar-refractivity contribution in [2.45, 2.75) is 39.2 Å². The van der Waals surface area contributed by atoms with Crippen molar-refractivity contribution in [1.29, 1.82) is 0 Å². The minimum Gasteiger partial charge on any atom is -0.481 e. The molecule has 2 rings (SSSR count). The Morgan fingerprint density at radius 1 is 1.04 bits per heavy atom. The van der Waals surface area contributed by atoms with E-state index in [0.29, 0.717) is 5.75 Å². The molecule has 24 heavy (non-hydrogen) atoms. The van der Waals surface area contributed by atoms with Gasteiger partial charge in [0.15, 0.2) is 6.10 Å². The second kappa shape index (κ2) is 6.99. The van der Waals surface area contributed by atoms with Crippen LogP contribution in [-0.4, -0.2) is 12.0 Å². The number of hydrogen-bond donors (Lipinski definition) is 1. The third kappa shape index (κ3) is 4.31. The van der Waals surface area contributed by atoms with Gasteiger partial charge in [-0.2, -0.15) is 0 Å². The highest BCUT2D eigenvalue weighted by Gasteiger charge is 2.19. The Labute approximate surface area is 140 Å². The second-order valence-electron chi connectivity index (χ2n) is 6.62. The second-order valence-corrected chi connectivity index (χ2v) is 6.62. The number of para-hydroxylation sites is 1. The number of carbonyl (C=O) groups is 1. The lowest BCUT2D eigenvalue weighted by Gasteiger charge is -2.20. The molecule has 1 amide bonds. The van der Waals surface area contributed by atoms with E-state index in [1.165, 1.54) is 13.0 Å². The van der Waals surface area contributed by atoms with Gasteiger partial charge in [-0.05, 0) is 42.2 Å².